The molecule has 0 spiro atoms. The molecular weight excluding hydrogens is 224 g/mol. The molecule has 3 aliphatic rings. The highest BCUT2D eigenvalue weighted by Crippen LogP contribution is 2.35. The largest absolute Gasteiger partial charge is 0.371 e. The number of piperidine rings is 1. The second-order valence-electron chi connectivity index (χ2n) is 6.80. The predicted molar refractivity (Wildman–Crippen MR) is 73.7 cm³/mol. The van der Waals surface area contributed by atoms with Crippen molar-refractivity contribution in [3.8, 4) is 0 Å². The van der Waals surface area contributed by atoms with Crippen LogP contribution in [-0.4, -0.2) is 49.8 Å². The molecule has 18 heavy (non-hydrogen) atoms. The summed E-state index contributed by atoms with van der Waals surface area (Å²) in [5.74, 6) is 2.04. The van der Waals surface area contributed by atoms with E-state index < -0.39 is 0 Å². The maximum atomic E-state index is 6.00. The normalized spacial score (nSPS) is 35.8. The molecule has 3 heteroatoms. The summed E-state index contributed by atoms with van der Waals surface area (Å²) in [6.45, 7) is 8.96. The van der Waals surface area contributed by atoms with Gasteiger partial charge in [0.25, 0.3) is 0 Å². The Morgan fingerprint density at radius 3 is 2.67 bits per heavy atom. The highest BCUT2D eigenvalue weighted by molar-refractivity contribution is 4.90. The number of hydrogen-bond acceptors (Lipinski definition) is 3. The zero-order valence-corrected chi connectivity index (χ0v) is 11.8. The minimum atomic E-state index is 0.128. The topological polar surface area (TPSA) is 24.5 Å². The first kappa shape index (κ1) is 12.9. The highest BCUT2D eigenvalue weighted by Gasteiger charge is 2.33. The summed E-state index contributed by atoms with van der Waals surface area (Å²) in [7, 11) is 0. The lowest BCUT2D eigenvalue weighted by atomic mass is 9.75. The number of ether oxygens (including phenoxy) is 1. The van der Waals surface area contributed by atoms with Gasteiger partial charge in [-0.05, 0) is 38.1 Å². The number of fused-ring (bicyclic) bond motifs is 1. The first-order chi connectivity index (χ1) is 8.75. The van der Waals surface area contributed by atoms with Crippen molar-refractivity contribution in [1.29, 1.82) is 0 Å². The van der Waals surface area contributed by atoms with Gasteiger partial charge in [0.05, 0.1) is 12.2 Å². The van der Waals surface area contributed by atoms with Gasteiger partial charge in [-0.25, -0.2) is 0 Å². The number of hydrogen-bond donors (Lipinski definition) is 1. The second-order valence-corrected chi connectivity index (χ2v) is 6.80. The maximum absolute atomic E-state index is 6.00. The maximum Gasteiger partial charge on any atom is 0.0902 e. The molecule has 2 atom stereocenters. The Hall–Kier alpha value is -0.120. The minimum absolute atomic E-state index is 0.128. The first-order valence-corrected chi connectivity index (χ1v) is 7.82. The van der Waals surface area contributed by atoms with Crippen molar-refractivity contribution in [3.63, 3.8) is 0 Å². The summed E-state index contributed by atoms with van der Waals surface area (Å²) in [6.07, 6.45) is 7.36. The molecule has 0 aromatic heterocycles. The Morgan fingerprint density at radius 1 is 1.17 bits per heavy atom. The van der Waals surface area contributed by atoms with Crippen LogP contribution >= 0.6 is 0 Å². The summed E-state index contributed by atoms with van der Waals surface area (Å²) in [4.78, 5) is 2.64. The van der Waals surface area contributed by atoms with E-state index in [0.29, 0.717) is 0 Å². The van der Waals surface area contributed by atoms with Gasteiger partial charge in [0.2, 0.25) is 0 Å². The first-order valence-electron chi connectivity index (χ1n) is 7.82. The summed E-state index contributed by atoms with van der Waals surface area (Å²) < 4.78 is 6.00. The molecule has 1 aliphatic carbocycles. The van der Waals surface area contributed by atoms with Gasteiger partial charge >= 0.3 is 0 Å². The molecular formula is C15H28N2O. The quantitative estimate of drug-likeness (QED) is 0.827. The van der Waals surface area contributed by atoms with Crippen molar-refractivity contribution in [3.05, 3.63) is 0 Å². The van der Waals surface area contributed by atoms with Crippen LogP contribution in [0.1, 0.15) is 39.0 Å². The van der Waals surface area contributed by atoms with Crippen molar-refractivity contribution >= 4 is 0 Å². The lowest BCUT2D eigenvalue weighted by Gasteiger charge is -2.42. The number of nitrogens with zero attached hydrogens (tertiary/aromatic N) is 1. The smallest absolute Gasteiger partial charge is 0.0902 e. The fourth-order valence-corrected chi connectivity index (χ4v) is 3.88. The molecule has 3 rings (SSSR count). The zero-order chi connectivity index (χ0) is 12.4. The molecule has 3 nitrogen and oxygen atoms in total. The third-order valence-corrected chi connectivity index (χ3v) is 5.23. The number of nitrogens with one attached hydrogen (secondary N) is 1. The molecule has 2 unspecified atom stereocenters. The summed E-state index contributed by atoms with van der Waals surface area (Å²) in [5.41, 5.74) is 0.128. The van der Waals surface area contributed by atoms with Crippen molar-refractivity contribution < 1.29 is 4.74 Å². The fourth-order valence-electron chi connectivity index (χ4n) is 3.88. The molecule has 1 N–H and O–H groups in total. The van der Waals surface area contributed by atoms with Crippen LogP contribution < -0.4 is 5.32 Å². The van der Waals surface area contributed by atoms with Crippen LogP contribution in [0.15, 0.2) is 0 Å². The van der Waals surface area contributed by atoms with E-state index in [1.807, 2.05) is 0 Å². The van der Waals surface area contributed by atoms with Gasteiger partial charge in [-0.2, -0.15) is 0 Å². The van der Waals surface area contributed by atoms with Crippen LogP contribution in [0.5, 0.6) is 0 Å². The highest BCUT2D eigenvalue weighted by atomic mass is 16.5. The van der Waals surface area contributed by atoms with E-state index in [2.05, 4.69) is 17.1 Å². The minimum Gasteiger partial charge on any atom is -0.371 e. The van der Waals surface area contributed by atoms with Crippen LogP contribution in [-0.2, 0) is 4.74 Å². The van der Waals surface area contributed by atoms with Crippen LogP contribution in [0, 0.1) is 11.8 Å². The van der Waals surface area contributed by atoms with E-state index in [1.54, 1.807) is 0 Å². The Balaban J connectivity index is 1.38. The molecule has 0 radical (unpaired) electrons. The average Bonchev–Trinajstić information content (AvgIpc) is 2.37. The van der Waals surface area contributed by atoms with E-state index in [-0.39, 0.29) is 5.60 Å². The number of rotatable bonds is 4. The molecule has 3 fully saturated rings. The molecule has 2 heterocycles. The van der Waals surface area contributed by atoms with Gasteiger partial charge in [-0.1, -0.05) is 19.3 Å². The third kappa shape index (κ3) is 2.89. The molecule has 2 saturated heterocycles. The van der Waals surface area contributed by atoms with Crippen LogP contribution in [0.4, 0.5) is 0 Å². The molecule has 2 aliphatic heterocycles. The van der Waals surface area contributed by atoms with Gasteiger partial charge < -0.3 is 15.0 Å². The second kappa shape index (κ2) is 5.48. The Labute approximate surface area is 111 Å². The van der Waals surface area contributed by atoms with Crippen LogP contribution in [0.2, 0.25) is 0 Å². The van der Waals surface area contributed by atoms with Gasteiger partial charge in [0, 0.05) is 26.2 Å². The van der Waals surface area contributed by atoms with Crippen LogP contribution in [0.25, 0.3) is 0 Å². The molecule has 0 aromatic rings. The Bertz CT molecular complexity index is 278. The van der Waals surface area contributed by atoms with E-state index in [1.165, 1.54) is 45.2 Å². The number of likely N-dealkylation sites (tertiary alicyclic amines) is 1. The molecule has 0 amide bonds. The van der Waals surface area contributed by atoms with Gasteiger partial charge in [-0.3, -0.25) is 0 Å². The standard InChI is InChI=1S/C15H28N2O/c1-15(11-16-12-15)18-9-8-17-7-6-13-4-2-3-5-14(13)10-17/h13-14,16H,2-12H2,1H3. The van der Waals surface area contributed by atoms with Crippen molar-refractivity contribution in [2.45, 2.75) is 44.6 Å². The predicted octanol–water partition coefficient (Wildman–Crippen LogP) is 1.88. The zero-order valence-electron chi connectivity index (χ0n) is 11.8. The third-order valence-electron chi connectivity index (χ3n) is 5.23. The molecule has 0 bridgehead atoms. The fraction of sp³-hybridized carbons (Fsp3) is 1.00. The van der Waals surface area contributed by atoms with Gasteiger partial charge in [0.15, 0.2) is 0 Å². The van der Waals surface area contributed by atoms with Gasteiger partial charge in [-0.15, -0.1) is 0 Å². The van der Waals surface area contributed by atoms with E-state index >= 15 is 0 Å². The molecule has 1 saturated carbocycles. The lowest BCUT2D eigenvalue weighted by Crippen LogP contribution is -2.59. The Kier molecular flexibility index (Phi) is 3.92. The van der Waals surface area contributed by atoms with Crippen molar-refractivity contribution in [2.24, 2.45) is 11.8 Å². The van der Waals surface area contributed by atoms with E-state index in [9.17, 15) is 0 Å². The van der Waals surface area contributed by atoms with E-state index in [4.69, 9.17) is 4.74 Å². The molecule has 104 valence electrons. The van der Waals surface area contributed by atoms with Gasteiger partial charge in [0.1, 0.15) is 0 Å². The SMILES string of the molecule is CC1(OCCN2CCC3CCCCC3C2)CNC1. The summed E-state index contributed by atoms with van der Waals surface area (Å²) in [5, 5.41) is 3.29. The average molecular weight is 252 g/mol. The van der Waals surface area contributed by atoms with E-state index in [0.717, 1.165) is 38.1 Å². The van der Waals surface area contributed by atoms with Crippen LogP contribution in [0.3, 0.4) is 0 Å². The van der Waals surface area contributed by atoms with Crippen molar-refractivity contribution in [1.82, 2.24) is 10.2 Å². The monoisotopic (exact) mass is 252 g/mol. The summed E-state index contributed by atoms with van der Waals surface area (Å²) in [6, 6.07) is 0. The summed E-state index contributed by atoms with van der Waals surface area (Å²) >= 11 is 0. The Morgan fingerprint density at radius 2 is 1.94 bits per heavy atom. The van der Waals surface area contributed by atoms with Crippen molar-refractivity contribution in [2.75, 3.05) is 39.3 Å². The lowest BCUT2D eigenvalue weighted by molar-refractivity contribution is -0.0757. The molecule has 0 aromatic carbocycles.